The molecular weight excluding hydrogens is 372 g/mol. The van der Waals surface area contributed by atoms with Crippen LogP contribution >= 0.6 is 11.3 Å². The first-order valence-corrected chi connectivity index (χ1v) is 10.4. The van der Waals surface area contributed by atoms with Gasteiger partial charge in [-0.25, -0.2) is 13.4 Å². The summed E-state index contributed by atoms with van der Waals surface area (Å²) in [4.78, 5) is 20.8. The van der Waals surface area contributed by atoms with Gasteiger partial charge in [0, 0.05) is 31.2 Å². The largest absolute Gasteiger partial charge is 0.326 e. The molecule has 26 heavy (non-hydrogen) atoms. The highest BCUT2D eigenvalue weighted by Gasteiger charge is 2.35. The highest BCUT2D eigenvalue weighted by Crippen LogP contribution is 2.26. The maximum Gasteiger partial charge on any atom is 0.244 e. The van der Waals surface area contributed by atoms with Gasteiger partial charge in [-0.2, -0.15) is 4.31 Å². The number of carbonyl (C=O) groups excluding carboxylic acids is 1. The lowest BCUT2D eigenvalue weighted by molar-refractivity contribution is -0.119. The third-order valence-electron chi connectivity index (χ3n) is 4.39. The Morgan fingerprint density at radius 1 is 1.31 bits per heavy atom. The minimum absolute atomic E-state index is 0.148. The summed E-state index contributed by atoms with van der Waals surface area (Å²) >= 11 is 1.54. The number of aromatic nitrogens is 2. The molecule has 3 heterocycles. The van der Waals surface area contributed by atoms with Crippen LogP contribution in [0, 0.1) is 5.92 Å². The SMILES string of the molecule is O=C(Nc1ccc2scnc2c1)C1CCN(S(=O)(=O)c2cccnc2)C1. The normalized spacial score (nSPS) is 18.2. The van der Waals surface area contributed by atoms with Crippen LogP contribution in [0.2, 0.25) is 0 Å². The van der Waals surface area contributed by atoms with Gasteiger partial charge in [-0.05, 0) is 36.8 Å². The van der Waals surface area contributed by atoms with Crippen molar-refractivity contribution in [2.75, 3.05) is 18.4 Å². The smallest absolute Gasteiger partial charge is 0.244 e. The summed E-state index contributed by atoms with van der Waals surface area (Å²) in [7, 11) is -3.62. The number of hydrogen-bond acceptors (Lipinski definition) is 6. The van der Waals surface area contributed by atoms with Crippen LogP contribution in [0.4, 0.5) is 5.69 Å². The molecule has 134 valence electrons. The molecule has 1 amide bonds. The Morgan fingerprint density at radius 3 is 3.00 bits per heavy atom. The summed E-state index contributed by atoms with van der Waals surface area (Å²) in [5, 5.41) is 2.87. The van der Waals surface area contributed by atoms with Gasteiger partial charge < -0.3 is 5.32 Å². The molecule has 0 spiro atoms. The number of fused-ring (bicyclic) bond motifs is 1. The summed E-state index contributed by atoms with van der Waals surface area (Å²) in [5.41, 5.74) is 3.26. The molecule has 1 fully saturated rings. The summed E-state index contributed by atoms with van der Waals surface area (Å²) < 4.78 is 27.6. The van der Waals surface area contributed by atoms with Crippen LogP contribution in [0.3, 0.4) is 0 Å². The van der Waals surface area contributed by atoms with E-state index >= 15 is 0 Å². The van der Waals surface area contributed by atoms with Gasteiger partial charge in [0.2, 0.25) is 15.9 Å². The van der Waals surface area contributed by atoms with Crippen molar-refractivity contribution in [2.24, 2.45) is 5.92 Å². The number of pyridine rings is 1. The second-order valence-electron chi connectivity index (χ2n) is 6.06. The van der Waals surface area contributed by atoms with Crippen LogP contribution < -0.4 is 5.32 Å². The molecule has 7 nitrogen and oxygen atoms in total. The number of sulfonamides is 1. The van der Waals surface area contributed by atoms with Gasteiger partial charge in [0.1, 0.15) is 4.90 Å². The van der Waals surface area contributed by atoms with Gasteiger partial charge in [-0.15, -0.1) is 11.3 Å². The van der Waals surface area contributed by atoms with Gasteiger partial charge in [-0.1, -0.05) is 0 Å². The average Bonchev–Trinajstić information content (AvgIpc) is 3.32. The minimum atomic E-state index is -3.62. The highest BCUT2D eigenvalue weighted by molar-refractivity contribution is 7.89. The Labute approximate surface area is 154 Å². The van der Waals surface area contributed by atoms with Gasteiger partial charge in [0.15, 0.2) is 0 Å². The fourth-order valence-electron chi connectivity index (χ4n) is 2.99. The first-order chi connectivity index (χ1) is 12.5. The van der Waals surface area contributed by atoms with Crippen molar-refractivity contribution < 1.29 is 13.2 Å². The van der Waals surface area contributed by atoms with E-state index in [9.17, 15) is 13.2 Å². The van der Waals surface area contributed by atoms with E-state index < -0.39 is 10.0 Å². The van der Waals surface area contributed by atoms with Crippen molar-refractivity contribution in [3.63, 3.8) is 0 Å². The second-order valence-corrected chi connectivity index (χ2v) is 8.89. The van der Waals surface area contributed by atoms with Crippen LogP contribution in [0.25, 0.3) is 10.2 Å². The Hall–Kier alpha value is -2.36. The first kappa shape index (κ1) is 17.1. The van der Waals surface area contributed by atoms with E-state index in [2.05, 4.69) is 15.3 Å². The van der Waals surface area contributed by atoms with Crippen LogP contribution in [0.15, 0.2) is 53.1 Å². The van der Waals surface area contributed by atoms with Crippen LogP contribution in [0.1, 0.15) is 6.42 Å². The zero-order valence-corrected chi connectivity index (χ0v) is 15.3. The fourth-order valence-corrected chi connectivity index (χ4v) is 5.11. The standard InChI is InChI=1S/C17H16N4O3S2/c22-17(20-13-3-4-16-15(8-13)19-11-25-16)12-5-7-21(10-12)26(23,24)14-2-1-6-18-9-14/h1-4,6,8-9,11-12H,5,7,10H2,(H,20,22). The number of nitrogens with one attached hydrogen (secondary N) is 1. The summed E-state index contributed by atoms with van der Waals surface area (Å²) in [6.45, 7) is 0.489. The average molecular weight is 388 g/mol. The first-order valence-electron chi connectivity index (χ1n) is 8.08. The molecule has 1 aliphatic heterocycles. The van der Waals surface area contributed by atoms with E-state index in [4.69, 9.17) is 0 Å². The predicted molar refractivity (Wildman–Crippen MR) is 99.4 cm³/mol. The van der Waals surface area contributed by atoms with Crippen molar-refractivity contribution >= 4 is 43.2 Å². The molecule has 1 N–H and O–H groups in total. The molecule has 1 aliphatic rings. The molecule has 0 bridgehead atoms. The molecule has 0 radical (unpaired) electrons. The molecule has 2 aromatic heterocycles. The van der Waals surface area contributed by atoms with E-state index in [1.807, 2.05) is 18.2 Å². The maximum atomic E-state index is 12.6. The Bertz CT molecular complexity index is 1050. The quantitative estimate of drug-likeness (QED) is 0.741. The molecule has 3 aromatic rings. The Balaban J connectivity index is 1.45. The molecule has 0 saturated carbocycles. The number of amides is 1. The van der Waals surface area contributed by atoms with E-state index in [1.54, 1.807) is 11.6 Å². The molecular formula is C17H16N4O3S2. The number of hydrogen-bond donors (Lipinski definition) is 1. The van der Waals surface area contributed by atoms with Crippen LogP contribution in [0.5, 0.6) is 0 Å². The zero-order chi connectivity index (χ0) is 18.1. The Kier molecular flexibility index (Phi) is 4.43. The summed E-state index contributed by atoms with van der Waals surface area (Å²) in [5.74, 6) is -0.559. The highest BCUT2D eigenvalue weighted by atomic mass is 32.2. The molecule has 4 rings (SSSR count). The number of thiazole rings is 1. The van der Waals surface area contributed by atoms with E-state index in [0.29, 0.717) is 18.7 Å². The van der Waals surface area contributed by atoms with Gasteiger partial charge in [0.25, 0.3) is 0 Å². The number of carbonyl (C=O) groups is 1. The Morgan fingerprint density at radius 2 is 2.19 bits per heavy atom. The van der Waals surface area contributed by atoms with Crippen molar-refractivity contribution in [1.82, 2.24) is 14.3 Å². The van der Waals surface area contributed by atoms with Gasteiger partial charge in [0.05, 0.1) is 21.6 Å². The third kappa shape index (κ3) is 3.20. The second kappa shape index (κ2) is 6.75. The number of benzene rings is 1. The van der Waals surface area contributed by atoms with Crippen LogP contribution in [-0.2, 0) is 14.8 Å². The van der Waals surface area contributed by atoms with E-state index in [-0.39, 0.29) is 23.3 Å². The summed E-state index contributed by atoms with van der Waals surface area (Å²) in [6, 6.07) is 8.66. The minimum Gasteiger partial charge on any atom is -0.326 e. The third-order valence-corrected chi connectivity index (χ3v) is 7.05. The summed E-state index contributed by atoms with van der Waals surface area (Å²) in [6.07, 6.45) is 3.34. The zero-order valence-electron chi connectivity index (χ0n) is 13.7. The lowest BCUT2D eigenvalue weighted by atomic mass is 10.1. The van der Waals surface area contributed by atoms with E-state index in [0.717, 1.165) is 10.2 Å². The molecule has 9 heteroatoms. The van der Waals surface area contributed by atoms with Gasteiger partial charge in [-0.3, -0.25) is 9.78 Å². The molecule has 1 atom stereocenters. The molecule has 0 aliphatic carbocycles. The molecule has 1 unspecified atom stereocenters. The number of anilines is 1. The van der Waals surface area contributed by atoms with Crippen LogP contribution in [-0.4, -0.2) is 41.7 Å². The topological polar surface area (TPSA) is 92.3 Å². The van der Waals surface area contributed by atoms with Crippen molar-refractivity contribution in [3.8, 4) is 0 Å². The lowest BCUT2D eigenvalue weighted by Gasteiger charge is -2.16. The van der Waals surface area contributed by atoms with Crippen molar-refractivity contribution in [2.45, 2.75) is 11.3 Å². The number of nitrogens with zero attached hydrogens (tertiary/aromatic N) is 3. The number of rotatable bonds is 4. The van der Waals surface area contributed by atoms with E-state index in [1.165, 1.54) is 34.1 Å². The molecule has 1 aromatic carbocycles. The lowest BCUT2D eigenvalue weighted by Crippen LogP contribution is -2.31. The predicted octanol–water partition coefficient (Wildman–Crippen LogP) is 2.34. The fraction of sp³-hybridized carbons (Fsp3) is 0.235. The molecule has 1 saturated heterocycles. The maximum absolute atomic E-state index is 12.6. The van der Waals surface area contributed by atoms with Crippen molar-refractivity contribution in [1.29, 1.82) is 0 Å². The monoisotopic (exact) mass is 388 g/mol. The van der Waals surface area contributed by atoms with Crippen molar-refractivity contribution in [3.05, 3.63) is 48.2 Å². The van der Waals surface area contributed by atoms with Gasteiger partial charge >= 0.3 is 0 Å².